The molecule has 0 saturated heterocycles. The van der Waals surface area contributed by atoms with Gasteiger partial charge in [-0.3, -0.25) is 14.3 Å². The molecule has 0 atom stereocenters. The van der Waals surface area contributed by atoms with Gasteiger partial charge in [-0.05, 0) is 35.4 Å². The van der Waals surface area contributed by atoms with Crippen molar-refractivity contribution in [3.05, 3.63) is 66.4 Å². The maximum absolute atomic E-state index is 12.2. The third-order valence-electron chi connectivity index (χ3n) is 4.17. The van der Waals surface area contributed by atoms with E-state index in [2.05, 4.69) is 9.84 Å². The molecule has 138 valence electrons. The Labute approximate surface area is 158 Å². The Morgan fingerprint density at radius 3 is 2.37 bits per heavy atom. The van der Waals surface area contributed by atoms with Gasteiger partial charge in [0.1, 0.15) is 6.54 Å². The summed E-state index contributed by atoms with van der Waals surface area (Å²) < 4.78 is 6.21. The highest BCUT2D eigenvalue weighted by atomic mass is 16.5. The van der Waals surface area contributed by atoms with E-state index in [-0.39, 0.29) is 18.4 Å². The van der Waals surface area contributed by atoms with Crippen LogP contribution in [0.25, 0.3) is 22.4 Å². The average molecular weight is 363 g/mol. The van der Waals surface area contributed by atoms with E-state index in [1.807, 2.05) is 54.6 Å². The number of carbonyl (C=O) groups excluding carboxylic acids is 2. The molecule has 1 aromatic heterocycles. The van der Waals surface area contributed by atoms with Gasteiger partial charge in [0.2, 0.25) is 0 Å². The number of methoxy groups -OCH3 is 1. The summed E-state index contributed by atoms with van der Waals surface area (Å²) in [6.45, 7) is 0.0743. The van der Waals surface area contributed by atoms with E-state index >= 15 is 0 Å². The Morgan fingerprint density at radius 2 is 1.67 bits per heavy atom. The van der Waals surface area contributed by atoms with Gasteiger partial charge >= 0.3 is 5.97 Å². The monoisotopic (exact) mass is 363 g/mol. The van der Waals surface area contributed by atoms with Crippen LogP contribution in [0.15, 0.2) is 60.8 Å². The second kappa shape index (κ2) is 7.86. The second-order valence-electron chi connectivity index (χ2n) is 6.34. The van der Waals surface area contributed by atoms with Gasteiger partial charge in [-0.2, -0.15) is 5.10 Å². The van der Waals surface area contributed by atoms with Crippen LogP contribution in [0.5, 0.6) is 0 Å². The molecule has 0 N–H and O–H groups in total. The van der Waals surface area contributed by atoms with Crippen LogP contribution < -0.4 is 0 Å². The zero-order chi connectivity index (χ0) is 19.4. The fraction of sp³-hybridized carbons (Fsp3) is 0.190. The summed E-state index contributed by atoms with van der Waals surface area (Å²) in [6.07, 6.45) is 1.75. The van der Waals surface area contributed by atoms with Gasteiger partial charge in [0.05, 0.1) is 12.8 Å². The smallest absolute Gasteiger partial charge is 0.327 e. The summed E-state index contributed by atoms with van der Waals surface area (Å²) in [5.74, 6) is -0.379. The van der Waals surface area contributed by atoms with Crippen molar-refractivity contribution in [1.82, 2.24) is 14.7 Å². The molecule has 0 saturated carbocycles. The zero-order valence-corrected chi connectivity index (χ0v) is 15.5. The van der Waals surface area contributed by atoms with Crippen molar-refractivity contribution in [2.45, 2.75) is 6.54 Å². The number of benzene rings is 2. The molecule has 0 fully saturated rings. The minimum atomic E-state index is -0.347. The van der Waals surface area contributed by atoms with E-state index < -0.39 is 0 Å². The third-order valence-corrected chi connectivity index (χ3v) is 4.17. The molecule has 0 aliphatic heterocycles. The quantitative estimate of drug-likeness (QED) is 0.654. The van der Waals surface area contributed by atoms with Crippen molar-refractivity contribution < 1.29 is 14.3 Å². The summed E-state index contributed by atoms with van der Waals surface area (Å²) in [4.78, 5) is 25.2. The molecular weight excluding hydrogens is 342 g/mol. The predicted octanol–water partition coefficient (Wildman–Crippen LogP) is 3.09. The van der Waals surface area contributed by atoms with E-state index in [1.165, 1.54) is 7.11 Å². The Kier molecular flexibility index (Phi) is 5.35. The van der Waals surface area contributed by atoms with Crippen LogP contribution in [0.2, 0.25) is 0 Å². The van der Waals surface area contributed by atoms with Gasteiger partial charge in [-0.25, -0.2) is 0 Å². The van der Waals surface area contributed by atoms with Crippen LogP contribution in [0.4, 0.5) is 0 Å². The zero-order valence-electron chi connectivity index (χ0n) is 15.5. The number of hydrogen-bond donors (Lipinski definition) is 0. The van der Waals surface area contributed by atoms with Crippen molar-refractivity contribution in [2.75, 3.05) is 21.2 Å². The first-order valence-electron chi connectivity index (χ1n) is 8.50. The van der Waals surface area contributed by atoms with Gasteiger partial charge in [-0.15, -0.1) is 0 Å². The molecule has 1 heterocycles. The standard InChI is InChI=1S/C21H21N3O3/c1-23(2)21(26)18-9-5-7-16(13-18)15-6-4-8-17(12-15)19-10-11-24(22-19)14-20(25)27-3/h4-13H,14H2,1-3H3. The molecule has 0 unspecified atom stereocenters. The SMILES string of the molecule is COC(=O)Cn1ccc(-c2cccc(-c3cccc(C(=O)N(C)C)c3)c2)n1. The van der Waals surface area contributed by atoms with Gasteiger partial charge in [-0.1, -0.05) is 30.3 Å². The van der Waals surface area contributed by atoms with Crippen molar-refractivity contribution in [3.63, 3.8) is 0 Å². The lowest BCUT2D eigenvalue weighted by molar-refractivity contribution is -0.141. The average Bonchev–Trinajstić information content (AvgIpc) is 3.16. The maximum atomic E-state index is 12.2. The number of carbonyl (C=O) groups is 2. The molecule has 0 aliphatic carbocycles. The number of rotatable bonds is 5. The largest absolute Gasteiger partial charge is 0.468 e. The molecule has 2 aromatic carbocycles. The van der Waals surface area contributed by atoms with Crippen LogP contribution in [0.1, 0.15) is 10.4 Å². The van der Waals surface area contributed by atoms with Gasteiger partial charge in [0.25, 0.3) is 5.91 Å². The lowest BCUT2D eigenvalue weighted by Crippen LogP contribution is -2.21. The number of ether oxygens (including phenoxy) is 1. The van der Waals surface area contributed by atoms with Crippen molar-refractivity contribution in [1.29, 1.82) is 0 Å². The van der Waals surface area contributed by atoms with E-state index in [1.54, 1.807) is 29.9 Å². The van der Waals surface area contributed by atoms with Crippen molar-refractivity contribution >= 4 is 11.9 Å². The van der Waals surface area contributed by atoms with Crippen LogP contribution >= 0.6 is 0 Å². The van der Waals surface area contributed by atoms with Gasteiger partial charge in [0, 0.05) is 31.4 Å². The molecule has 6 heteroatoms. The summed E-state index contributed by atoms with van der Waals surface area (Å²) in [5.41, 5.74) is 4.29. The molecule has 0 radical (unpaired) electrons. The highest BCUT2D eigenvalue weighted by molar-refractivity contribution is 5.95. The first-order chi connectivity index (χ1) is 13.0. The lowest BCUT2D eigenvalue weighted by Gasteiger charge is -2.11. The van der Waals surface area contributed by atoms with Crippen LogP contribution in [-0.4, -0.2) is 47.8 Å². The van der Waals surface area contributed by atoms with E-state index in [0.717, 1.165) is 22.4 Å². The van der Waals surface area contributed by atoms with E-state index in [0.29, 0.717) is 5.56 Å². The number of nitrogens with zero attached hydrogens (tertiary/aromatic N) is 3. The molecule has 3 aromatic rings. The Bertz CT molecular complexity index is 976. The molecule has 3 rings (SSSR count). The highest BCUT2D eigenvalue weighted by Crippen LogP contribution is 2.26. The number of aromatic nitrogens is 2. The second-order valence-corrected chi connectivity index (χ2v) is 6.34. The predicted molar refractivity (Wildman–Crippen MR) is 103 cm³/mol. The van der Waals surface area contributed by atoms with Crippen molar-refractivity contribution in [2.24, 2.45) is 0 Å². The summed E-state index contributed by atoms with van der Waals surface area (Å²) in [5, 5.41) is 4.43. The molecule has 1 amide bonds. The molecule has 0 aliphatic rings. The number of esters is 1. The first-order valence-corrected chi connectivity index (χ1v) is 8.50. The Hall–Kier alpha value is -3.41. The first kappa shape index (κ1) is 18.4. The van der Waals surface area contributed by atoms with Gasteiger partial charge < -0.3 is 9.64 Å². The van der Waals surface area contributed by atoms with Crippen LogP contribution in [-0.2, 0) is 16.1 Å². The molecule has 0 spiro atoms. The summed E-state index contributed by atoms with van der Waals surface area (Å²) in [6, 6.07) is 17.3. The number of hydrogen-bond acceptors (Lipinski definition) is 4. The normalized spacial score (nSPS) is 10.5. The molecular formula is C21H21N3O3. The Balaban J connectivity index is 1.89. The Morgan fingerprint density at radius 1 is 1.00 bits per heavy atom. The third kappa shape index (κ3) is 4.23. The fourth-order valence-corrected chi connectivity index (χ4v) is 2.75. The maximum Gasteiger partial charge on any atom is 0.327 e. The van der Waals surface area contributed by atoms with E-state index in [9.17, 15) is 9.59 Å². The van der Waals surface area contributed by atoms with E-state index in [4.69, 9.17) is 0 Å². The molecule has 27 heavy (non-hydrogen) atoms. The van der Waals surface area contributed by atoms with Crippen LogP contribution in [0, 0.1) is 0 Å². The van der Waals surface area contributed by atoms with Crippen LogP contribution in [0.3, 0.4) is 0 Å². The van der Waals surface area contributed by atoms with Gasteiger partial charge in [0.15, 0.2) is 0 Å². The molecule has 6 nitrogen and oxygen atoms in total. The summed E-state index contributed by atoms with van der Waals surface area (Å²) in [7, 11) is 4.83. The molecule has 0 bridgehead atoms. The van der Waals surface area contributed by atoms with Crippen molar-refractivity contribution in [3.8, 4) is 22.4 Å². The minimum Gasteiger partial charge on any atom is -0.468 e. The topological polar surface area (TPSA) is 64.4 Å². The fourth-order valence-electron chi connectivity index (χ4n) is 2.75. The number of amides is 1. The minimum absolute atomic E-state index is 0.0328. The highest BCUT2D eigenvalue weighted by Gasteiger charge is 2.10. The summed E-state index contributed by atoms with van der Waals surface area (Å²) >= 11 is 0. The lowest BCUT2D eigenvalue weighted by atomic mass is 10.00.